The largest absolute Gasteiger partial charge is 0.503 e. The Morgan fingerprint density at radius 2 is 2.00 bits per heavy atom. The first-order chi connectivity index (χ1) is 13.6. The molecular formula is C22H24FNO4. The molecule has 0 saturated heterocycles. The number of hydrogen-bond acceptors (Lipinski definition) is 5. The summed E-state index contributed by atoms with van der Waals surface area (Å²) in [7, 11) is 2.77. The van der Waals surface area contributed by atoms with Gasteiger partial charge in [-0.2, -0.15) is 0 Å². The van der Waals surface area contributed by atoms with Crippen LogP contribution in [0.2, 0.25) is 0 Å². The summed E-state index contributed by atoms with van der Waals surface area (Å²) in [5.74, 6) is 0.225. The van der Waals surface area contributed by atoms with Crippen LogP contribution in [-0.4, -0.2) is 26.7 Å². The number of benzene rings is 2. The number of ether oxygens (including phenoxy) is 3. The molecule has 1 fully saturated rings. The van der Waals surface area contributed by atoms with Crippen molar-refractivity contribution in [2.45, 2.75) is 19.4 Å². The summed E-state index contributed by atoms with van der Waals surface area (Å²) in [6.45, 7) is 0.967. The molecule has 3 rings (SSSR count). The fraction of sp³-hybridized carbons (Fsp3) is 0.318. The van der Waals surface area contributed by atoms with E-state index in [1.807, 2.05) is 18.2 Å². The summed E-state index contributed by atoms with van der Waals surface area (Å²) in [6, 6.07) is 12.1. The van der Waals surface area contributed by atoms with Crippen molar-refractivity contribution in [3.8, 4) is 5.75 Å². The Hall–Kier alpha value is -3.02. The second-order valence-electron chi connectivity index (χ2n) is 6.67. The zero-order valence-electron chi connectivity index (χ0n) is 16.0. The zero-order chi connectivity index (χ0) is 19.9. The molecule has 0 bridgehead atoms. The molecule has 5 nitrogen and oxygen atoms in total. The van der Waals surface area contributed by atoms with Crippen LogP contribution in [0.25, 0.3) is 5.57 Å². The number of carbonyl (C=O) groups excluding carboxylic acids is 1. The second-order valence-corrected chi connectivity index (χ2v) is 6.67. The van der Waals surface area contributed by atoms with Gasteiger partial charge in [-0.25, -0.2) is 9.18 Å². The lowest BCUT2D eigenvalue weighted by atomic mass is 10.0. The van der Waals surface area contributed by atoms with E-state index in [0.29, 0.717) is 22.9 Å². The number of methoxy groups -OCH3 is 2. The average molecular weight is 385 g/mol. The van der Waals surface area contributed by atoms with Gasteiger partial charge in [-0.1, -0.05) is 24.3 Å². The Labute approximate surface area is 164 Å². The first kappa shape index (κ1) is 19.7. The van der Waals surface area contributed by atoms with Crippen molar-refractivity contribution in [1.82, 2.24) is 0 Å². The molecule has 0 amide bonds. The molecule has 1 aliphatic rings. The number of hydrogen-bond donors (Lipinski definition) is 1. The van der Waals surface area contributed by atoms with Crippen LogP contribution < -0.4 is 10.1 Å². The van der Waals surface area contributed by atoms with Crippen molar-refractivity contribution in [2.75, 3.05) is 26.1 Å². The Morgan fingerprint density at radius 3 is 2.68 bits per heavy atom. The van der Waals surface area contributed by atoms with E-state index in [-0.39, 0.29) is 18.0 Å². The molecule has 28 heavy (non-hydrogen) atoms. The molecular weight excluding hydrogens is 361 g/mol. The molecule has 148 valence electrons. The molecule has 0 aromatic heterocycles. The maximum absolute atomic E-state index is 14.3. The van der Waals surface area contributed by atoms with Crippen molar-refractivity contribution >= 4 is 17.2 Å². The van der Waals surface area contributed by atoms with Crippen LogP contribution in [0, 0.1) is 11.7 Å². The summed E-state index contributed by atoms with van der Waals surface area (Å²) < 4.78 is 29.9. The van der Waals surface area contributed by atoms with Gasteiger partial charge in [0.05, 0.1) is 26.2 Å². The van der Waals surface area contributed by atoms with E-state index < -0.39 is 5.97 Å². The van der Waals surface area contributed by atoms with Crippen molar-refractivity contribution in [2.24, 2.45) is 5.92 Å². The molecule has 2 aromatic carbocycles. The molecule has 2 aromatic rings. The van der Waals surface area contributed by atoms with Gasteiger partial charge in [0.25, 0.3) is 0 Å². The summed E-state index contributed by atoms with van der Waals surface area (Å²) in [6.07, 6.45) is 3.76. The van der Waals surface area contributed by atoms with E-state index in [9.17, 15) is 9.18 Å². The van der Waals surface area contributed by atoms with Crippen LogP contribution in [0.1, 0.15) is 24.0 Å². The number of halogens is 1. The van der Waals surface area contributed by atoms with Crippen molar-refractivity contribution < 1.29 is 23.4 Å². The third kappa shape index (κ3) is 5.03. The van der Waals surface area contributed by atoms with E-state index >= 15 is 0 Å². The molecule has 1 saturated carbocycles. The topological polar surface area (TPSA) is 56.8 Å². The fourth-order valence-electron chi connectivity index (χ4n) is 2.82. The average Bonchev–Trinajstić information content (AvgIpc) is 3.54. The van der Waals surface area contributed by atoms with E-state index in [1.54, 1.807) is 18.2 Å². The molecule has 1 N–H and O–H groups in total. The normalized spacial score (nSPS) is 13.8. The smallest absolute Gasteiger partial charge is 0.341 e. The van der Waals surface area contributed by atoms with Crippen LogP contribution >= 0.6 is 0 Å². The predicted molar refractivity (Wildman–Crippen MR) is 105 cm³/mol. The molecule has 0 radical (unpaired) electrons. The Bertz CT molecular complexity index is 861. The molecule has 0 unspecified atom stereocenters. The fourth-order valence-corrected chi connectivity index (χ4v) is 2.82. The van der Waals surface area contributed by atoms with Gasteiger partial charge in [0, 0.05) is 12.6 Å². The highest BCUT2D eigenvalue weighted by atomic mass is 19.1. The van der Waals surface area contributed by atoms with E-state index in [1.165, 1.54) is 39.4 Å². The summed E-state index contributed by atoms with van der Waals surface area (Å²) >= 11 is 0. The van der Waals surface area contributed by atoms with Crippen LogP contribution in [0.4, 0.5) is 10.1 Å². The number of nitrogens with one attached hydrogen (secondary N) is 1. The highest BCUT2D eigenvalue weighted by Gasteiger charge is 2.21. The Kier molecular flexibility index (Phi) is 6.53. The number of anilines is 1. The maximum atomic E-state index is 14.3. The van der Waals surface area contributed by atoms with E-state index in [0.717, 1.165) is 12.1 Å². The number of rotatable bonds is 9. The van der Waals surface area contributed by atoms with E-state index in [4.69, 9.17) is 14.2 Å². The minimum Gasteiger partial charge on any atom is -0.503 e. The maximum Gasteiger partial charge on any atom is 0.341 e. The first-order valence-corrected chi connectivity index (χ1v) is 9.18. The lowest BCUT2D eigenvalue weighted by Gasteiger charge is -2.13. The van der Waals surface area contributed by atoms with Gasteiger partial charge in [0.15, 0.2) is 0 Å². The number of esters is 1. The van der Waals surface area contributed by atoms with Crippen LogP contribution in [0.3, 0.4) is 0 Å². The predicted octanol–water partition coefficient (Wildman–Crippen LogP) is 4.39. The lowest BCUT2D eigenvalue weighted by molar-refractivity contribution is -0.133. The molecule has 0 heterocycles. The van der Waals surface area contributed by atoms with Gasteiger partial charge >= 0.3 is 5.97 Å². The third-order valence-electron chi connectivity index (χ3n) is 4.56. The van der Waals surface area contributed by atoms with Crippen LogP contribution in [-0.2, 0) is 20.9 Å². The molecule has 0 spiro atoms. The van der Waals surface area contributed by atoms with E-state index in [2.05, 4.69) is 5.32 Å². The van der Waals surface area contributed by atoms with Gasteiger partial charge in [-0.05, 0) is 42.0 Å². The van der Waals surface area contributed by atoms with Crippen LogP contribution in [0.5, 0.6) is 5.75 Å². The van der Waals surface area contributed by atoms with Gasteiger partial charge in [0.1, 0.15) is 23.7 Å². The van der Waals surface area contributed by atoms with Gasteiger partial charge in [0.2, 0.25) is 0 Å². The third-order valence-corrected chi connectivity index (χ3v) is 4.56. The minimum atomic E-state index is -0.508. The Morgan fingerprint density at radius 1 is 1.21 bits per heavy atom. The number of carbonyl (C=O) groups is 1. The minimum absolute atomic E-state index is 0.169. The summed E-state index contributed by atoms with van der Waals surface area (Å²) in [5, 5.41) is 3.13. The van der Waals surface area contributed by atoms with Gasteiger partial charge in [-0.15, -0.1) is 0 Å². The van der Waals surface area contributed by atoms with Crippen molar-refractivity contribution in [3.63, 3.8) is 0 Å². The highest BCUT2D eigenvalue weighted by molar-refractivity contribution is 6.16. The Balaban J connectivity index is 1.71. The highest BCUT2D eigenvalue weighted by Crippen LogP contribution is 2.30. The molecule has 0 aliphatic heterocycles. The summed E-state index contributed by atoms with van der Waals surface area (Å²) in [4.78, 5) is 12.1. The zero-order valence-corrected chi connectivity index (χ0v) is 16.0. The van der Waals surface area contributed by atoms with Crippen LogP contribution in [0.15, 0.2) is 48.7 Å². The molecule has 0 atom stereocenters. The van der Waals surface area contributed by atoms with Gasteiger partial charge < -0.3 is 19.5 Å². The molecule has 6 heteroatoms. The lowest BCUT2D eigenvalue weighted by Crippen LogP contribution is -2.08. The summed E-state index contributed by atoms with van der Waals surface area (Å²) in [5.41, 5.74) is 2.16. The first-order valence-electron chi connectivity index (χ1n) is 9.18. The van der Waals surface area contributed by atoms with Crippen molar-refractivity contribution in [1.29, 1.82) is 0 Å². The second kappa shape index (κ2) is 9.26. The quantitative estimate of drug-likeness (QED) is 0.394. The SMILES string of the molecule is CO/C=C(/C(=O)OC)c1ccccc1COc1ccc(NCC2CC2)c(F)c1. The van der Waals surface area contributed by atoms with Crippen molar-refractivity contribution in [3.05, 3.63) is 65.7 Å². The monoisotopic (exact) mass is 385 g/mol. The molecule has 1 aliphatic carbocycles. The standard InChI is InChI=1S/C22H24FNO4/c1-26-14-19(22(25)27-2)18-6-4-3-5-16(18)13-28-17-9-10-21(20(23)11-17)24-12-15-7-8-15/h3-6,9-11,14-15,24H,7-8,12-13H2,1-2H3/b19-14+. The van der Waals surface area contributed by atoms with Gasteiger partial charge in [-0.3, -0.25) is 0 Å².